The Hall–Kier alpha value is -6.55. The molecule has 0 amide bonds. The topological polar surface area (TPSA) is 33.1 Å². The largest absolute Gasteiger partial charge is 0.503 e. The molecule has 5 nitrogen and oxygen atoms in total. The zero-order valence-electron chi connectivity index (χ0n) is 35.6. The van der Waals surface area contributed by atoms with Gasteiger partial charge in [-0.25, -0.2) is 4.98 Å². The molecule has 59 heavy (non-hydrogen) atoms. The smallest absolute Gasteiger partial charge is 0.457 e. The number of nitrogens with zero attached hydrogens (tertiary/aromatic N) is 4. The number of hydrogen-bond donors (Lipinski definition) is 0. The van der Waals surface area contributed by atoms with Crippen molar-refractivity contribution in [3.63, 3.8) is 0 Å². The number of benzene rings is 6. The van der Waals surface area contributed by atoms with Gasteiger partial charge in [-0.3, -0.25) is 4.57 Å². The lowest BCUT2D eigenvalue weighted by molar-refractivity contribution is 0.483. The Balaban J connectivity index is 1.15. The molecule has 0 spiro atoms. The van der Waals surface area contributed by atoms with E-state index in [1.807, 2.05) is 12.3 Å². The van der Waals surface area contributed by atoms with E-state index in [9.17, 15) is 0 Å². The molecule has 0 atom stereocenters. The van der Waals surface area contributed by atoms with Crippen LogP contribution in [0, 0.1) is 0 Å². The maximum Gasteiger partial charge on any atom is 0.503 e. The standard InChI is InChI=1S/C54H52N4O/c1-52(2,3)37-27-28-55-50(32-37)58-47-23-14-13-21-45(47)46-26-25-43(34-49(46)58)59-42-20-15-19-41(33-42)56-35-57(40-17-11-10-12-18-40)51-44(22-16-24-48(51)56)36-29-38(53(4,5)6)31-39(30-36)54(7,8)9/h10-34H,1-9H3/q+2. The molecule has 3 heterocycles. The molecule has 1 aliphatic rings. The maximum atomic E-state index is 6.73. The average Bonchev–Trinajstić information content (AvgIpc) is 3.76. The second kappa shape index (κ2) is 14.1. The van der Waals surface area contributed by atoms with Gasteiger partial charge in [-0.2, -0.15) is 0 Å². The first-order chi connectivity index (χ1) is 28.1. The van der Waals surface area contributed by atoms with Gasteiger partial charge >= 0.3 is 11.7 Å². The predicted octanol–water partition coefficient (Wildman–Crippen LogP) is 14.4. The van der Waals surface area contributed by atoms with Crippen LogP contribution in [-0.2, 0) is 16.2 Å². The Morgan fingerprint density at radius 1 is 0.508 bits per heavy atom. The summed E-state index contributed by atoms with van der Waals surface area (Å²) < 4.78 is 13.3. The van der Waals surface area contributed by atoms with Crippen LogP contribution in [0.3, 0.4) is 0 Å². The quantitative estimate of drug-likeness (QED) is 0.158. The highest BCUT2D eigenvalue weighted by Crippen LogP contribution is 2.45. The van der Waals surface area contributed by atoms with Gasteiger partial charge in [0, 0.05) is 47.3 Å². The van der Waals surface area contributed by atoms with Crippen LogP contribution in [0.1, 0.15) is 79.0 Å². The van der Waals surface area contributed by atoms with Crippen LogP contribution in [0.4, 0.5) is 22.7 Å². The summed E-state index contributed by atoms with van der Waals surface area (Å²) in [7, 11) is 0. The van der Waals surface area contributed by atoms with E-state index >= 15 is 0 Å². The summed E-state index contributed by atoms with van der Waals surface area (Å²) in [4.78, 5) is 4.87. The summed E-state index contributed by atoms with van der Waals surface area (Å²) in [5.74, 6) is 2.38. The van der Waals surface area contributed by atoms with Crippen LogP contribution >= 0.6 is 0 Å². The molecular formula is C54H52N4O+2. The highest BCUT2D eigenvalue weighted by Gasteiger charge is 2.40. The maximum absolute atomic E-state index is 6.73. The number of hydrogen-bond acceptors (Lipinski definition) is 2. The molecule has 0 aliphatic carbocycles. The van der Waals surface area contributed by atoms with Crippen molar-refractivity contribution in [2.45, 2.75) is 78.6 Å². The molecule has 0 N–H and O–H groups in total. The zero-order valence-corrected chi connectivity index (χ0v) is 35.6. The molecule has 0 bridgehead atoms. The lowest BCUT2D eigenvalue weighted by Crippen LogP contribution is -2.16. The average molecular weight is 773 g/mol. The van der Waals surface area contributed by atoms with Crippen molar-refractivity contribution in [3.8, 4) is 28.4 Å². The highest BCUT2D eigenvalue weighted by atomic mass is 16.5. The van der Waals surface area contributed by atoms with Gasteiger partial charge in [-0.15, -0.1) is 0 Å². The van der Waals surface area contributed by atoms with Crippen molar-refractivity contribution in [2.75, 3.05) is 0 Å². The highest BCUT2D eigenvalue weighted by molar-refractivity contribution is 6.09. The number of ether oxygens (including phenoxy) is 1. The molecule has 0 unspecified atom stereocenters. The fourth-order valence-electron chi connectivity index (χ4n) is 8.08. The molecule has 0 fully saturated rings. The third-order valence-corrected chi connectivity index (χ3v) is 11.5. The molecule has 5 heteroatoms. The zero-order chi connectivity index (χ0) is 41.3. The van der Waals surface area contributed by atoms with Gasteiger partial charge in [0.15, 0.2) is 0 Å². The van der Waals surface area contributed by atoms with Crippen molar-refractivity contribution < 1.29 is 4.74 Å². The van der Waals surface area contributed by atoms with Gasteiger partial charge in [-0.1, -0.05) is 129 Å². The van der Waals surface area contributed by atoms with Gasteiger partial charge < -0.3 is 4.74 Å². The van der Waals surface area contributed by atoms with Crippen LogP contribution in [0.25, 0.3) is 38.8 Å². The number of rotatable bonds is 6. The van der Waals surface area contributed by atoms with Gasteiger partial charge in [0.25, 0.3) is 5.69 Å². The number of pyridine rings is 1. The van der Waals surface area contributed by atoms with Gasteiger partial charge in [0.05, 0.1) is 22.7 Å². The summed E-state index contributed by atoms with van der Waals surface area (Å²) in [6, 6.07) is 55.5. The minimum absolute atomic E-state index is 0.00668. The fourth-order valence-corrected chi connectivity index (χ4v) is 8.08. The van der Waals surface area contributed by atoms with E-state index < -0.39 is 0 Å². The van der Waals surface area contributed by atoms with Crippen LogP contribution in [0.15, 0.2) is 152 Å². The SMILES string of the molecule is CC(C)(C)c1cc(-c2cccc3c2[N+](c2ccccc2)=C=[N+]3c2cccc(Oc3ccc4c5ccccc5n(-c5cc(C(C)(C)C)ccn5)c4c3)c2)cc(C(C)(C)C)c1. The summed E-state index contributed by atoms with van der Waals surface area (Å²) in [5, 5.41) is 2.34. The number of aromatic nitrogens is 2. The number of para-hydroxylation sites is 3. The normalized spacial score (nSPS) is 13.1. The van der Waals surface area contributed by atoms with Gasteiger partial charge in [0.1, 0.15) is 17.3 Å². The van der Waals surface area contributed by atoms with Gasteiger partial charge in [-0.05, 0) is 90.1 Å². The first-order valence-electron chi connectivity index (χ1n) is 20.6. The minimum Gasteiger partial charge on any atom is -0.457 e. The predicted molar refractivity (Wildman–Crippen MR) is 247 cm³/mol. The van der Waals surface area contributed by atoms with E-state index in [0.717, 1.165) is 62.0 Å². The Morgan fingerprint density at radius 2 is 1.15 bits per heavy atom. The molecule has 8 aromatic rings. The summed E-state index contributed by atoms with van der Waals surface area (Å²) in [5.41, 5.74) is 12.5. The Morgan fingerprint density at radius 3 is 1.88 bits per heavy atom. The van der Waals surface area contributed by atoms with Crippen LogP contribution in [-0.4, -0.2) is 15.6 Å². The lowest BCUT2D eigenvalue weighted by atomic mass is 9.78. The monoisotopic (exact) mass is 772 g/mol. The molecule has 0 saturated heterocycles. The second-order valence-electron chi connectivity index (χ2n) is 18.9. The first kappa shape index (κ1) is 38.0. The van der Waals surface area contributed by atoms with Crippen molar-refractivity contribution in [1.82, 2.24) is 18.7 Å². The Labute approximate surface area is 348 Å². The molecule has 292 valence electrons. The van der Waals surface area contributed by atoms with Crippen LogP contribution in [0.2, 0.25) is 0 Å². The van der Waals surface area contributed by atoms with E-state index in [4.69, 9.17) is 9.72 Å². The van der Waals surface area contributed by atoms with Gasteiger partial charge in [0.2, 0.25) is 11.4 Å². The molecular weight excluding hydrogens is 721 g/mol. The van der Waals surface area contributed by atoms with Crippen LogP contribution < -0.4 is 13.9 Å². The summed E-state index contributed by atoms with van der Waals surface area (Å²) in [6.45, 7) is 20.5. The molecule has 6 aromatic carbocycles. The molecule has 9 rings (SSSR count). The second-order valence-corrected chi connectivity index (χ2v) is 18.9. The van der Waals surface area contributed by atoms with E-state index in [1.54, 1.807) is 0 Å². The third-order valence-electron chi connectivity index (χ3n) is 11.5. The summed E-state index contributed by atoms with van der Waals surface area (Å²) >= 11 is 0. The Bertz CT molecular complexity index is 2960. The minimum atomic E-state index is -0.00682. The third kappa shape index (κ3) is 7.06. The van der Waals surface area contributed by atoms with Crippen molar-refractivity contribution in [2.24, 2.45) is 0 Å². The van der Waals surface area contributed by atoms with E-state index in [2.05, 4.69) is 222 Å². The van der Waals surface area contributed by atoms with Crippen molar-refractivity contribution in [3.05, 3.63) is 168 Å². The molecule has 0 radical (unpaired) electrons. The first-order valence-corrected chi connectivity index (χ1v) is 20.6. The van der Waals surface area contributed by atoms with E-state index in [-0.39, 0.29) is 16.2 Å². The van der Waals surface area contributed by atoms with E-state index in [1.165, 1.54) is 27.6 Å². The lowest BCUT2D eigenvalue weighted by Gasteiger charge is -2.26. The number of fused-ring (bicyclic) bond motifs is 4. The molecule has 0 saturated carbocycles. The summed E-state index contributed by atoms with van der Waals surface area (Å²) in [6.07, 6.45) is 1.92. The van der Waals surface area contributed by atoms with Crippen molar-refractivity contribution in [1.29, 1.82) is 0 Å². The van der Waals surface area contributed by atoms with E-state index in [0.29, 0.717) is 0 Å². The Kier molecular flexibility index (Phi) is 9.07. The van der Waals surface area contributed by atoms with Crippen LogP contribution in [0.5, 0.6) is 11.5 Å². The van der Waals surface area contributed by atoms with Crippen molar-refractivity contribution >= 4 is 50.6 Å². The fraction of sp³-hybridized carbons (Fsp3) is 0.222. The molecule has 1 aliphatic heterocycles. The molecule has 2 aromatic heterocycles.